The number of sulfone groups is 2. The van der Waals surface area contributed by atoms with E-state index in [0.717, 1.165) is 57.2 Å². The smallest absolute Gasteiger partial charge is 0.496 e. The van der Waals surface area contributed by atoms with Crippen LogP contribution in [0.25, 0.3) is 11.1 Å². The number of fused-ring (bicyclic) bond motifs is 4. The quantitative estimate of drug-likeness (QED) is 0.0182. The first-order chi connectivity index (χ1) is 50.2. The van der Waals surface area contributed by atoms with E-state index in [0.29, 0.717) is 58.2 Å². The lowest BCUT2D eigenvalue weighted by molar-refractivity contribution is -0.183. The van der Waals surface area contributed by atoms with Gasteiger partial charge in [0, 0.05) is 79.2 Å². The first kappa shape index (κ1) is 87.4. The summed E-state index contributed by atoms with van der Waals surface area (Å²) < 4.78 is 134. The van der Waals surface area contributed by atoms with Crippen molar-refractivity contribution in [3.63, 3.8) is 0 Å². The minimum atomic E-state index is -5.42. The lowest BCUT2D eigenvalue weighted by atomic mass is 9.45. The fraction of sp³-hybridized carbons (Fsp3) is 0.611. The molecule has 12 rings (SSSR count). The van der Waals surface area contributed by atoms with Gasteiger partial charge in [-0.1, -0.05) is 71.9 Å². The molecule has 4 aromatic rings. The van der Waals surface area contributed by atoms with Gasteiger partial charge in [-0.3, -0.25) is 19.3 Å². The third-order valence-corrected chi connectivity index (χ3v) is 27.0. The molecule has 4 bridgehead atoms. The summed E-state index contributed by atoms with van der Waals surface area (Å²) in [7, 11) is -7.07. The van der Waals surface area contributed by atoms with Crippen molar-refractivity contribution in [2.45, 2.75) is 154 Å². The minimum Gasteiger partial charge on any atom is -0.496 e. The Labute approximate surface area is 638 Å². The molecule has 0 spiro atoms. The number of ether oxygens (including phenoxy) is 2. The summed E-state index contributed by atoms with van der Waals surface area (Å²) >= 11 is 2.22. The SMILES string of the molecule is CN(CCS(=O)(=O)C(F)(F)F)c1cc(B(O)O)cc(C(=O)O)c1.COc1c(CN2O[C@@H](CO)C([C@H](C)O)[C@H]2C(=O)N[C@H]2C[C@H]3C[C@@H]([C@@H]2C)C3(C)C)cccc1-c1cc(C(=O)O)cc(N(C)CCS(=O)(=O)C(F)(F)F)c1.COc1c(I)cccc1CN1O[C@@H](CO)C([C@H](C)O)[C@H]1C(=O)N[C@H]1C[C@H]2C[C@@H]([C@@H]1C)C2(C)C. The number of carbonyl (C=O) groups excluding carboxylic acids is 2. The van der Waals surface area contributed by atoms with Gasteiger partial charge in [-0.15, -0.1) is 0 Å². The summed E-state index contributed by atoms with van der Waals surface area (Å²) in [6.45, 7) is 15.3. The number of carboxylic acid groups (broad SMARTS) is 2. The maximum absolute atomic E-state index is 14.1. The number of hydrogen-bond donors (Lipinski definition) is 10. The van der Waals surface area contributed by atoms with Gasteiger partial charge in [0.25, 0.3) is 0 Å². The van der Waals surface area contributed by atoms with Crippen molar-refractivity contribution in [2.24, 2.45) is 58.2 Å². The number of aliphatic hydroxyl groups is 4. The number of aromatic carboxylic acids is 2. The second-order valence-electron chi connectivity index (χ2n) is 30.3. The van der Waals surface area contributed by atoms with Crippen LogP contribution in [0.4, 0.5) is 37.7 Å². The lowest BCUT2D eigenvalue weighted by Gasteiger charge is -2.62. The van der Waals surface area contributed by atoms with E-state index in [1.54, 1.807) is 44.2 Å². The average molecular weight is 1680 g/mol. The molecule has 0 aromatic heterocycles. The number of hydrogen-bond acceptors (Lipinski definition) is 22. The van der Waals surface area contributed by atoms with Crippen molar-refractivity contribution >= 4 is 90.0 Å². The highest BCUT2D eigenvalue weighted by atomic mass is 127. The van der Waals surface area contributed by atoms with Gasteiger partial charge >= 0.3 is 30.1 Å². The standard InChI is InChI=1S/C36H48F3N3O9S.C25H37IN2O5.C11H13BF3NO6S/c1-19-27-15-24(35(27,3)4)16-28(19)40-33(45)31-30(20(2)44)29(18-43)51-42(31)17-21-8-7-9-26(32(21)50-6)22-12-23(34(46)47)14-25(13-22)41(5)10-11-52(48,49)36(37,38)39;1-13-17-9-16(25(17,3)4)10-19(13)27-24(31)22-21(14(2)30)20(12-29)33-28(22)11-15-7-6-8-18(26)23(15)32-5;1-16(2-3-23(21,22)11(13,14)15)9-5-7(10(17)18)4-8(6-9)12(19)20/h7-9,12-14,19-20,24,27-31,43-44H,10-11,15-18H2,1-6H3,(H,40,45)(H,46,47);6-8,13-14,16-17,19-22,29-30H,9-12H2,1-5H3,(H,27,31);4-6,19-20H,2-3H2,1H3,(H,17,18)/t19-,20-,24+,27-,28-,29-,30?,31-;13-,14-,16+,17-,19-,20-,21?,22-;/m00./s1. The van der Waals surface area contributed by atoms with E-state index in [1.165, 1.54) is 55.8 Å². The third-order valence-electron chi connectivity index (χ3n) is 23.3. The molecule has 2 saturated heterocycles. The number of para-hydroxylation sites is 2. The van der Waals surface area contributed by atoms with Crippen molar-refractivity contribution < 1.29 is 122 Å². The summed E-state index contributed by atoms with van der Waals surface area (Å²) in [6, 6.07) is 16.6. The molecular formula is C72H98BF6IN6O20S2. The van der Waals surface area contributed by atoms with E-state index in [2.05, 4.69) is 74.8 Å². The van der Waals surface area contributed by atoms with E-state index in [1.807, 2.05) is 18.2 Å². The van der Waals surface area contributed by atoms with Crippen LogP contribution in [0.1, 0.15) is 113 Å². The number of carboxylic acids is 2. The molecule has 26 nitrogen and oxygen atoms in total. The van der Waals surface area contributed by atoms with Crippen LogP contribution in [0.2, 0.25) is 0 Å². The van der Waals surface area contributed by atoms with Crippen LogP contribution in [-0.2, 0) is 52.0 Å². The average Bonchev–Trinajstić information content (AvgIpc) is 0.889. The largest absolute Gasteiger partial charge is 0.497 e. The maximum Gasteiger partial charge on any atom is 0.497 e. The van der Waals surface area contributed by atoms with Crippen LogP contribution in [0, 0.1) is 61.7 Å². The Morgan fingerprint density at radius 1 is 0.639 bits per heavy atom. The van der Waals surface area contributed by atoms with Crippen molar-refractivity contribution in [3.05, 3.63) is 98.6 Å². The van der Waals surface area contributed by atoms with Gasteiger partial charge in [0.05, 0.1) is 78.9 Å². The number of hydroxylamine groups is 4. The zero-order valence-corrected chi connectivity index (χ0v) is 65.7. The predicted molar refractivity (Wildman–Crippen MR) is 396 cm³/mol. The monoisotopic (exact) mass is 1680 g/mol. The topological polar surface area (TPSA) is 372 Å². The summed E-state index contributed by atoms with van der Waals surface area (Å²) in [5.74, 6) is -3.04. The Balaban J connectivity index is 0.000000224. The first-order valence-electron chi connectivity index (χ1n) is 35.3. The van der Waals surface area contributed by atoms with E-state index in [9.17, 15) is 87.9 Å². The maximum atomic E-state index is 14.1. The van der Waals surface area contributed by atoms with Crippen LogP contribution in [0.3, 0.4) is 0 Å². The Morgan fingerprint density at radius 3 is 1.40 bits per heavy atom. The number of alkyl halides is 6. The molecular weight excluding hydrogens is 1580 g/mol. The van der Waals surface area contributed by atoms with Gasteiger partial charge in [-0.05, 0) is 162 Å². The molecule has 36 heteroatoms. The van der Waals surface area contributed by atoms with Crippen LogP contribution >= 0.6 is 22.6 Å². The van der Waals surface area contributed by atoms with Crippen molar-refractivity contribution in [1.29, 1.82) is 0 Å². The molecule has 2 unspecified atom stereocenters. The normalized spacial score (nSPS) is 27.0. The Bertz CT molecular complexity index is 4130. The molecule has 2 heterocycles. The third kappa shape index (κ3) is 18.8. The van der Waals surface area contributed by atoms with Crippen molar-refractivity contribution in [2.75, 3.05) is 75.9 Å². The number of halogens is 7. The Morgan fingerprint density at radius 2 is 1.04 bits per heavy atom. The van der Waals surface area contributed by atoms with E-state index >= 15 is 0 Å². The molecule has 16 atom stereocenters. The van der Waals surface area contributed by atoms with E-state index in [4.69, 9.17) is 34.3 Å². The Hall–Kier alpha value is -6.17. The molecule has 600 valence electrons. The highest BCUT2D eigenvalue weighted by Gasteiger charge is 2.60. The summed E-state index contributed by atoms with van der Waals surface area (Å²) in [5, 5.41) is 88.2. The molecule has 10 N–H and O–H groups in total. The second-order valence-corrected chi connectivity index (χ2v) is 35.7. The molecule has 108 heavy (non-hydrogen) atoms. The van der Waals surface area contributed by atoms with E-state index < -0.39 is 129 Å². The number of amides is 2. The molecule has 8 fully saturated rings. The summed E-state index contributed by atoms with van der Waals surface area (Å²) in [6.07, 6.45) is 0.850. The molecule has 6 aliphatic carbocycles. The number of carbonyl (C=O) groups is 4. The molecule has 4 aromatic carbocycles. The van der Waals surface area contributed by atoms with Gasteiger partial charge in [-0.2, -0.15) is 36.5 Å². The number of nitrogens with zero attached hydrogens (tertiary/aromatic N) is 4. The number of rotatable bonds is 26. The highest BCUT2D eigenvalue weighted by molar-refractivity contribution is 14.1. The van der Waals surface area contributed by atoms with Crippen LogP contribution in [0.15, 0.2) is 72.8 Å². The van der Waals surface area contributed by atoms with Gasteiger partial charge in [-0.25, -0.2) is 26.4 Å². The number of nitrogens with one attached hydrogen (secondary N) is 2. The second kappa shape index (κ2) is 34.4. The van der Waals surface area contributed by atoms with Crippen molar-refractivity contribution in [3.8, 4) is 22.6 Å². The van der Waals surface area contributed by atoms with Crippen LogP contribution in [-0.4, -0.2) is 224 Å². The van der Waals surface area contributed by atoms with Crippen molar-refractivity contribution in [1.82, 2.24) is 20.8 Å². The number of benzene rings is 4. The molecule has 2 amide bonds. The molecule has 2 aliphatic heterocycles. The number of aliphatic hydroxyl groups excluding tert-OH is 4. The summed E-state index contributed by atoms with van der Waals surface area (Å²) in [4.78, 5) is 65.4. The van der Waals surface area contributed by atoms with Crippen LogP contribution < -0.4 is 35.4 Å². The zero-order chi connectivity index (χ0) is 80.6. The highest BCUT2D eigenvalue weighted by Crippen LogP contribution is 2.62. The van der Waals surface area contributed by atoms with Crippen LogP contribution in [0.5, 0.6) is 11.5 Å². The van der Waals surface area contributed by atoms with Gasteiger partial charge in [0.2, 0.25) is 31.5 Å². The number of methoxy groups -OCH3 is 2. The molecule has 8 aliphatic rings. The van der Waals surface area contributed by atoms with Gasteiger partial charge in [0.15, 0.2) is 0 Å². The fourth-order valence-corrected chi connectivity index (χ4v) is 18.9. The molecule has 6 saturated carbocycles. The predicted octanol–water partition coefficient (Wildman–Crippen LogP) is 6.49. The van der Waals surface area contributed by atoms with Gasteiger partial charge < -0.3 is 70.6 Å². The van der Waals surface area contributed by atoms with Gasteiger partial charge in [0.1, 0.15) is 35.8 Å². The minimum absolute atomic E-state index is 0.0328. The molecule has 0 radical (unpaired) electrons. The fourth-order valence-electron chi connectivity index (χ4n) is 16.6. The number of anilines is 2. The lowest BCUT2D eigenvalue weighted by Crippen LogP contribution is -2.62. The summed E-state index contributed by atoms with van der Waals surface area (Å²) in [5.41, 5.74) is -8.64. The Kier molecular flexibility index (Phi) is 27.9. The van der Waals surface area contributed by atoms with E-state index in [-0.39, 0.29) is 82.1 Å². The first-order valence-corrected chi connectivity index (χ1v) is 39.7. The zero-order valence-electron chi connectivity index (χ0n) is 62.0.